The molecule has 2 aromatic rings. The molecule has 2 fully saturated rings. The molecule has 3 aliphatic rings. The van der Waals surface area contributed by atoms with E-state index in [1.165, 1.54) is 24.0 Å². The van der Waals surface area contributed by atoms with Gasteiger partial charge in [0.2, 0.25) is 5.91 Å². The first-order valence-electron chi connectivity index (χ1n) is 12.5. The Bertz CT molecular complexity index is 1030. The summed E-state index contributed by atoms with van der Waals surface area (Å²) < 4.78 is 0. The Morgan fingerprint density at radius 3 is 2.35 bits per heavy atom. The van der Waals surface area contributed by atoms with Crippen LogP contribution < -0.4 is 5.32 Å². The van der Waals surface area contributed by atoms with E-state index in [0.29, 0.717) is 36.3 Å². The van der Waals surface area contributed by atoms with Crippen molar-refractivity contribution < 1.29 is 9.59 Å². The molecule has 1 saturated carbocycles. The van der Waals surface area contributed by atoms with Crippen molar-refractivity contribution >= 4 is 29.2 Å². The van der Waals surface area contributed by atoms with Crippen LogP contribution in [0.4, 0.5) is 10.5 Å². The van der Waals surface area contributed by atoms with E-state index < -0.39 is 0 Å². The van der Waals surface area contributed by atoms with Gasteiger partial charge in [0.25, 0.3) is 0 Å². The lowest BCUT2D eigenvalue weighted by atomic mass is 9.92. The average Bonchev–Trinajstić information content (AvgIpc) is 3.38. The van der Waals surface area contributed by atoms with Crippen LogP contribution in [-0.4, -0.2) is 65.4 Å². The molecule has 1 aliphatic carbocycles. The van der Waals surface area contributed by atoms with Gasteiger partial charge in [-0.15, -0.1) is 0 Å². The lowest BCUT2D eigenvalue weighted by Gasteiger charge is -2.43. The summed E-state index contributed by atoms with van der Waals surface area (Å²) in [5.41, 5.74) is 3.34. The highest BCUT2D eigenvalue weighted by Gasteiger charge is 2.39. The number of rotatable bonds is 4. The van der Waals surface area contributed by atoms with Gasteiger partial charge in [-0.3, -0.25) is 9.69 Å². The summed E-state index contributed by atoms with van der Waals surface area (Å²) in [6.45, 7) is 4.18. The molecule has 0 aromatic heterocycles. The molecule has 2 heterocycles. The lowest BCUT2D eigenvalue weighted by Crippen LogP contribution is -2.59. The number of carbonyl (C=O) groups excluding carboxylic acids is 2. The van der Waals surface area contributed by atoms with Crippen molar-refractivity contribution in [1.29, 1.82) is 0 Å². The third kappa shape index (κ3) is 5.08. The summed E-state index contributed by atoms with van der Waals surface area (Å²) >= 11 is 6.04. The van der Waals surface area contributed by atoms with Gasteiger partial charge in [-0.05, 0) is 54.5 Å². The Hall–Kier alpha value is -2.57. The first-order chi connectivity index (χ1) is 16.6. The molecule has 0 radical (unpaired) electrons. The van der Waals surface area contributed by atoms with E-state index in [0.717, 1.165) is 38.9 Å². The van der Waals surface area contributed by atoms with Crippen LogP contribution in [0.15, 0.2) is 48.5 Å². The lowest BCUT2D eigenvalue weighted by molar-refractivity contribution is -0.141. The number of benzene rings is 2. The number of hydrogen-bond acceptors (Lipinski definition) is 3. The fourth-order valence-corrected chi connectivity index (χ4v) is 5.96. The Balaban J connectivity index is 1.24. The van der Waals surface area contributed by atoms with Crippen molar-refractivity contribution in [1.82, 2.24) is 14.7 Å². The van der Waals surface area contributed by atoms with Crippen LogP contribution >= 0.6 is 11.6 Å². The summed E-state index contributed by atoms with van der Waals surface area (Å²) in [6, 6.07) is 15.5. The average molecular weight is 481 g/mol. The molecule has 6 nitrogen and oxygen atoms in total. The normalized spacial score (nSPS) is 20.1. The number of amides is 3. The second kappa shape index (κ2) is 10.4. The van der Waals surface area contributed by atoms with Crippen molar-refractivity contribution in [2.24, 2.45) is 5.92 Å². The van der Waals surface area contributed by atoms with E-state index in [9.17, 15) is 9.59 Å². The van der Waals surface area contributed by atoms with Crippen LogP contribution in [0.3, 0.4) is 0 Å². The highest BCUT2D eigenvalue weighted by molar-refractivity contribution is 6.30. The van der Waals surface area contributed by atoms with E-state index >= 15 is 0 Å². The van der Waals surface area contributed by atoms with Crippen molar-refractivity contribution in [2.45, 2.75) is 44.7 Å². The number of halogens is 1. The number of anilines is 1. The maximum absolute atomic E-state index is 13.9. The predicted molar refractivity (Wildman–Crippen MR) is 135 cm³/mol. The molecule has 2 aromatic carbocycles. The molecule has 180 valence electrons. The molecule has 0 unspecified atom stereocenters. The Morgan fingerprint density at radius 2 is 1.62 bits per heavy atom. The van der Waals surface area contributed by atoms with Gasteiger partial charge in [-0.1, -0.05) is 54.8 Å². The molecular formula is C27H33ClN4O2. The van der Waals surface area contributed by atoms with Gasteiger partial charge in [0.05, 0.1) is 6.04 Å². The van der Waals surface area contributed by atoms with E-state index in [4.69, 9.17) is 11.6 Å². The van der Waals surface area contributed by atoms with Crippen LogP contribution in [0.5, 0.6) is 0 Å². The van der Waals surface area contributed by atoms with Gasteiger partial charge >= 0.3 is 6.03 Å². The standard InChI is InChI=1S/C27H33ClN4O2/c28-23-10-5-11-24(18-23)29-27(34)31-16-14-30(15-17-31)25(21-7-2-3-8-21)26(33)32-13-12-20-6-1-4-9-22(20)19-32/h1,4-6,9-11,18,21,25H,2-3,7-8,12-17,19H2,(H,29,34)/t25-/m0/s1. The van der Waals surface area contributed by atoms with Crippen molar-refractivity contribution in [2.75, 3.05) is 38.0 Å². The predicted octanol–water partition coefficient (Wildman–Crippen LogP) is 4.63. The summed E-state index contributed by atoms with van der Waals surface area (Å²) in [4.78, 5) is 32.9. The number of nitrogens with one attached hydrogen (secondary N) is 1. The molecule has 0 bridgehead atoms. The monoisotopic (exact) mass is 480 g/mol. The van der Waals surface area contributed by atoms with Gasteiger partial charge in [-0.25, -0.2) is 4.79 Å². The molecule has 3 amide bonds. The van der Waals surface area contributed by atoms with Gasteiger partial charge < -0.3 is 15.1 Å². The minimum Gasteiger partial charge on any atom is -0.337 e. The second-order valence-corrected chi connectivity index (χ2v) is 10.2. The molecule has 1 N–H and O–H groups in total. The highest BCUT2D eigenvalue weighted by Crippen LogP contribution is 2.33. The van der Waals surface area contributed by atoms with E-state index in [2.05, 4.69) is 39.4 Å². The summed E-state index contributed by atoms with van der Waals surface area (Å²) in [7, 11) is 0. The van der Waals surface area contributed by atoms with Gasteiger partial charge in [0.1, 0.15) is 0 Å². The number of hydrogen-bond donors (Lipinski definition) is 1. The maximum Gasteiger partial charge on any atom is 0.321 e. The number of piperazine rings is 1. The van der Waals surface area contributed by atoms with E-state index in [1.54, 1.807) is 12.1 Å². The first kappa shape index (κ1) is 23.2. The van der Waals surface area contributed by atoms with Gasteiger partial charge in [0.15, 0.2) is 0 Å². The van der Waals surface area contributed by atoms with Crippen LogP contribution in [0.25, 0.3) is 0 Å². The molecule has 2 aliphatic heterocycles. The zero-order valence-corrected chi connectivity index (χ0v) is 20.3. The quantitative estimate of drug-likeness (QED) is 0.694. The fraction of sp³-hybridized carbons (Fsp3) is 0.481. The minimum absolute atomic E-state index is 0.0779. The number of carbonyl (C=O) groups is 2. The summed E-state index contributed by atoms with van der Waals surface area (Å²) in [5, 5.41) is 3.54. The Labute approximate surface area is 206 Å². The van der Waals surface area contributed by atoms with Crippen LogP contribution in [0.1, 0.15) is 36.8 Å². The zero-order valence-electron chi connectivity index (χ0n) is 19.6. The van der Waals surface area contributed by atoms with E-state index in [1.807, 2.05) is 17.0 Å². The number of nitrogens with zero attached hydrogens (tertiary/aromatic N) is 3. The van der Waals surface area contributed by atoms with Gasteiger partial charge in [0, 0.05) is 50.0 Å². The Kier molecular flexibility index (Phi) is 7.07. The third-order valence-electron chi connectivity index (χ3n) is 7.61. The smallest absolute Gasteiger partial charge is 0.321 e. The van der Waals surface area contributed by atoms with Crippen LogP contribution in [0, 0.1) is 5.92 Å². The zero-order chi connectivity index (χ0) is 23.5. The number of urea groups is 1. The SMILES string of the molecule is O=C(Nc1cccc(Cl)c1)N1CCN([C@H](C(=O)N2CCc3ccccc3C2)C2CCCC2)CC1. The third-order valence-corrected chi connectivity index (χ3v) is 7.85. The number of fused-ring (bicyclic) bond motifs is 1. The van der Waals surface area contributed by atoms with Crippen LogP contribution in [0.2, 0.25) is 5.02 Å². The maximum atomic E-state index is 13.9. The van der Waals surface area contributed by atoms with Crippen molar-refractivity contribution in [3.05, 3.63) is 64.7 Å². The molecule has 34 heavy (non-hydrogen) atoms. The van der Waals surface area contributed by atoms with Crippen molar-refractivity contribution in [3.8, 4) is 0 Å². The van der Waals surface area contributed by atoms with Gasteiger partial charge in [-0.2, -0.15) is 0 Å². The molecule has 0 spiro atoms. The second-order valence-electron chi connectivity index (χ2n) is 9.73. The molecule has 7 heteroatoms. The summed E-state index contributed by atoms with van der Waals surface area (Å²) in [6.07, 6.45) is 5.59. The molecule has 1 saturated heterocycles. The molecular weight excluding hydrogens is 448 g/mol. The topological polar surface area (TPSA) is 55.9 Å². The minimum atomic E-state index is -0.113. The largest absolute Gasteiger partial charge is 0.337 e. The first-order valence-corrected chi connectivity index (χ1v) is 12.9. The molecule has 1 atom stereocenters. The molecule has 5 rings (SSSR count). The fourth-order valence-electron chi connectivity index (χ4n) is 5.77. The van der Waals surface area contributed by atoms with E-state index in [-0.39, 0.29) is 18.0 Å². The van der Waals surface area contributed by atoms with Crippen LogP contribution in [-0.2, 0) is 17.8 Å². The highest BCUT2D eigenvalue weighted by atomic mass is 35.5. The Morgan fingerprint density at radius 1 is 0.882 bits per heavy atom. The summed E-state index contributed by atoms with van der Waals surface area (Å²) in [5.74, 6) is 0.690. The van der Waals surface area contributed by atoms with Crippen molar-refractivity contribution in [3.63, 3.8) is 0 Å².